The zero-order valence-corrected chi connectivity index (χ0v) is 17.4. The van der Waals surface area contributed by atoms with E-state index in [0.717, 1.165) is 31.0 Å². The fourth-order valence-electron chi connectivity index (χ4n) is 4.55. The van der Waals surface area contributed by atoms with Crippen molar-refractivity contribution in [3.05, 3.63) is 42.7 Å². The van der Waals surface area contributed by atoms with Crippen molar-refractivity contribution in [3.63, 3.8) is 0 Å². The van der Waals surface area contributed by atoms with Gasteiger partial charge >= 0.3 is 0 Å². The molecular formula is C22H27FN4OS. The fourth-order valence-corrected chi connectivity index (χ4v) is 5.40. The Morgan fingerprint density at radius 2 is 1.93 bits per heavy atom. The molecule has 29 heavy (non-hydrogen) atoms. The number of carbonyl (C=O) groups is 1. The second-order valence-corrected chi connectivity index (χ2v) is 8.88. The number of halogens is 1. The number of benzene rings is 1. The third-order valence-corrected chi connectivity index (χ3v) is 7.05. The molecule has 2 atom stereocenters. The molecule has 154 valence electrons. The Hall–Kier alpha value is -2.15. The van der Waals surface area contributed by atoms with Gasteiger partial charge in [-0.15, -0.1) is 16.8 Å². The van der Waals surface area contributed by atoms with Gasteiger partial charge in [-0.25, -0.2) is 4.39 Å². The molecule has 0 radical (unpaired) electrons. The number of amides is 1. The first kappa shape index (κ1) is 20.1. The lowest BCUT2D eigenvalue weighted by atomic mass is 9.75. The summed E-state index contributed by atoms with van der Waals surface area (Å²) in [6.07, 6.45) is 8.15. The van der Waals surface area contributed by atoms with Crippen molar-refractivity contribution in [2.24, 2.45) is 11.8 Å². The number of nitrogens with zero attached hydrogens (tertiary/aromatic N) is 4. The minimum atomic E-state index is -0.287. The second-order valence-electron chi connectivity index (χ2n) is 7.93. The standard InChI is InChI=1S/C22H27FN4OS/c1-2-12-27-21(17-7-9-19(23)10-8-17)24-25-22(27)29-15-20(28)26-13-11-16-5-3-4-6-18(16)14-26/h2,7-10,16,18H,1,3-6,11-15H2/t16-,18-/m0/s1. The molecule has 0 N–H and O–H groups in total. The van der Waals surface area contributed by atoms with Crippen LogP contribution in [-0.4, -0.2) is 44.4 Å². The van der Waals surface area contributed by atoms with E-state index >= 15 is 0 Å². The molecule has 1 saturated heterocycles. The molecule has 2 aliphatic rings. The van der Waals surface area contributed by atoms with E-state index in [1.165, 1.54) is 49.6 Å². The topological polar surface area (TPSA) is 51.0 Å². The van der Waals surface area contributed by atoms with Crippen molar-refractivity contribution in [1.82, 2.24) is 19.7 Å². The Balaban J connectivity index is 1.42. The Morgan fingerprint density at radius 3 is 2.69 bits per heavy atom. The van der Waals surface area contributed by atoms with Crippen LogP contribution in [0.2, 0.25) is 0 Å². The van der Waals surface area contributed by atoms with Gasteiger partial charge in [0.05, 0.1) is 5.75 Å². The zero-order valence-electron chi connectivity index (χ0n) is 16.6. The van der Waals surface area contributed by atoms with Crippen LogP contribution in [0.4, 0.5) is 4.39 Å². The van der Waals surface area contributed by atoms with E-state index in [-0.39, 0.29) is 11.7 Å². The summed E-state index contributed by atoms with van der Waals surface area (Å²) in [5.74, 6) is 2.40. The van der Waals surface area contributed by atoms with Crippen LogP contribution >= 0.6 is 11.8 Å². The van der Waals surface area contributed by atoms with Crippen LogP contribution in [0.5, 0.6) is 0 Å². The Bertz CT molecular complexity index is 866. The van der Waals surface area contributed by atoms with E-state index in [2.05, 4.69) is 16.8 Å². The third-order valence-electron chi connectivity index (χ3n) is 6.10. The van der Waals surface area contributed by atoms with Crippen molar-refractivity contribution in [3.8, 4) is 11.4 Å². The number of fused-ring (bicyclic) bond motifs is 1. The molecule has 0 bridgehead atoms. The minimum absolute atomic E-state index is 0.176. The highest BCUT2D eigenvalue weighted by Crippen LogP contribution is 2.36. The minimum Gasteiger partial charge on any atom is -0.342 e. The first-order valence-electron chi connectivity index (χ1n) is 10.4. The maximum atomic E-state index is 13.2. The summed E-state index contributed by atoms with van der Waals surface area (Å²) >= 11 is 1.41. The molecule has 0 spiro atoms. The maximum Gasteiger partial charge on any atom is 0.233 e. The lowest BCUT2D eigenvalue weighted by molar-refractivity contribution is -0.131. The van der Waals surface area contributed by atoms with Gasteiger partial charge in [-0.1, -0.05) is 37.1 Å². The highest BCUT2D eigenvalue weighted by Gasteiger charge is 2.32. The van der Waals surface area contributed by atoms with E-state index < -0.39 is 0 Å². The van der Waals surface area contributed by atoms with Crippen LogP contribution < -0.4 is 0 Å². The quantitative estimate of drug-likeness (QED) is 0.519. The number of carbonyl (C=O) groups excluding carboxylic acids is 1. The van der Waals surface area contributed by atoms with Gasteiger partial charge in [0.15, 0.2) is 11.0 Å². The number of rotatable bonds is 6. The summed E-state index contributed by atoms with van der Waals surface area (Å²) in [6, 6.07) is 6.20. The normalized spacial score (nSPS) is 21.6. The number of thioether (sulfide) groups is 1. The van der Waals surface area contributed by atoms with E-state index in [9.17, 15) is 9.18 Å². The first-order valence-corrected chi connectivity index (χ1v) is 11.3. The number of allylic oxidation sites excluding steroid dienone is 1. The monoisotopic (exact) mass is 414 g/mol. The van der Waals surface area contributed by atoms with Crippen LogP contribution in [0.25, 0.3) is 11.4 Å². The van der Waals surface area contributed by atoms with Gasteiger partial charge in [-0.3, -0.25) is 9.36 Å². The highest BCUT2D eigenvalue weighted by molar-refractivity contribution is 7.99. The summed E-state index contributed by atoms with van der Waals surface area (Å²) in [4.78, 5) is 14.9. The van der Waals surface area contributed by atoms with Crippen molar-refractivity contribution >= 4 is 17.7 Å². The number of piperidine rings is 1. The van der Waals surface area contributed by atoms with Crippen LogP contribution in [0, 0.1) is 17.7 Å². The second kappa shape index (κ2) is 9.11. The largest absolute Gasteiger partial charge is 0.342 e. The predicted octanol–water partition coefficient (Wildman–Crippen LogP) is 4.40. The summed E-state index contributed by atoms with van der Waals surface area (Å²) in [5.41, 5.74) is 0.790. The maximum absolute atomic E-state index is 13.2. The molecule has 1 aromatic heterocycles. The van der Waals surface area contributed by atoms with Crippen molar-refractivity contribution in [2.45, 2.75) is 43.8 Å². The summed E-state index contributed by atoms with van der Waals surface area (Å²) in [6.45, 7) is 6.13. The number of hydrogen-bond donors (Lipinski definition) is 0. The molecule has 2 aromatic rings. The summed E-state index contributed by atoms with van der Waals surface area (Å²) in [7, 11) is 0. The van der Waals surface area contributed by atoms with Crippen LogP contribution in [-0.2, 0) is 11.3 Å². The van der Waals surface area contributed by atoms with Gasteiger partial charge in [0.25, 0.3) is 0 Å². The van der Waals surface area contributed by atoms with E-state index in [1.807, 2.05) is 9.47 Å². The SMILES string of the molecule is C=CCn1c(SCC(=O)N2CC[C@@H]3CCCC[C@H]3C2)nnc1-c1ccc(F)cc1. The Morgan fingerprint density at radius 1 is 1.17 bits per heavy atom. The first-order chi connectivity index (χ1) is 14.2. The predicted molar refractivity (Wildman–Crippen MR) is 113 cm³/mol. The van der Waals surface area contributed by atoms with Gasteiger partial charge in [0.2, 0.25) is 5.91 Å². The van der Waals surface area contributed by atoms with E-state index in [1.54, 1.807) is 18.2 Å². The molecule has 1 saturated carbocycles. The third kappa shape index (κ3) is 4.55. The average Bonchev–Trinajstić information content (AvgIpc) is 3.15. The summed E-state index contributed by atoms with van der Waals surface area (Å²) in [5, 5.41) is 9.24. The lowest BCUT2D eigenvalue weighted by Gasteiger charge is -2.41. The molecule has 2 heterocycles. The van der Waals surface area contributed by atoms with Crippen LogP contribution in [0.1, 0.15) is 32.1 Å². The fraction of sp³-hybridized carbons (Fsp3) is 0.500. The number of aromatic nitrogens is 3. The van der Waals surface area contributed by atoms with Crippen molar-refractivity contribution in [1.29, 1.82) is 0 Å². The molecule has 1 aromatic carbocycles. The van der Waals surface area contributed by atoms with Crippen LogP contribution in [0.15, 0.2) is 42.1 Å². The Kier molecular flexibility index (Phi) is 6.33. The molecule has 5 nitrogen and oxygen atoms in total. The van der Waals surface area contributed by atoms with Gasteiger partial charge < -0.3 is 4.90 Å². The molecule has 1 aliphatic carbocycles. The zero-order chi connectivity index (χ0) is 20.2. The molecular weight excluding hydrogens is 387 g/mol. The van der Waals surface area contributed by atoms with E-state index in [0.29, 0.717) is 29.2 Å². The molecule has 0 unspecified atom stereocenters. The van der Waals surface area contributed by atoms with Gasteiger partial charge in [-0.2, -0.15) is 0 Å². The van der Waals surface area contributed by atoms with Crippen molar-refractivity contribution < 1.29 is 9.18 Å². The highest BCUT2D eigenvalue weighted by atomic mass is 32.2. The van der Waals surface area contributed by atoms with E-state index in [4.69, 9.17) is 0 Å². The molecule has 1 amide bonds. The smallest absolute Gasteiger partial charge is 0.233 e. The number of hydrogen-bond acceptors (Lipinski definition) is 4. The van der Waals surface area contributed by atoms with Gasteiger partial charge in [0, 0.05) is 25.2 Å². The van der Waals surface area contributed by atoms with Crippen LogP contribution in [0.3, 0.4) is 0 Å². The number of likely N-dealkylation sites (tertiary alicyclic amines) is 1. The molecule has 7 heteroatoms. The van der Waals surface area contributed by atoms with Gasteiger partial charge in [-0.05, 0) is 48.9 Å². The lowest BCUT2D eigenvalue weighted by Crippen LogP contribution is -2.45. The molecule has 2 fully saturated rings. The van der Waals surface area contributed by atoms with Crippen molar-refractivity contribution in [2.75, 3.05) is 18.8 Å². The average molecular weight is 415 g/mol. The summed E-state index contributed by atoms with van der Waals surface area (Å²) < 4.78 is 15.2. The van der Waals surface area contributed by atoms with Gasteiger partial charge in [0.1, 0.15) is 5.82 Å². The molecule has 4 rings (SSSR count). The Labute approximate surface area is 175 Å². The molecule has 1 aliphatic heterocycles.